The average Bonchev–Trinajstić information content (AvgIpc) is 3.46. The maximum atomic E-state index is 12.3. The van der Waals surface area contributed by atoms with E-state index in [0.29, 0.717) is 29.5 Å². The number of halogens is 2. The molecule has 1 aliphatic carbocycles. The van der Waals surface area contributed by atoms with E-state index in [0.717, 1.165) is 25.8 Å². The van der Waals surface area contributed by atoms with Gasteiger partial charge in [0.15, 0.2) is 0 Å². The molecule has 5 rings (SSSR count). The number of benzene rings is 2. The Kier molecular flexibility index (Phi) is 10.6. The number of carbonyl (C=O) groups is 2. The molecule has 0 atom stereocenters. The molecule has 1 saturated carbocycles. The van der Waals surface area contributed by atoms with E-state index < -0.39 is 11.7 Å². The van der Waals surface area contributed by atoms with Crippen LogP contribution in [-0.4, -0.2) is 31.9 Å². The number of rotatable bonds is 9. The molecule has 2 aromatic heterocycles. The topological polar surface area (TPSA) is 106 Å². The van der Waals surface area contributed by atoms with Gasteiger partial charge < -0.3 is 27.3 Å². The SMILES string of the molecule is Cc1cc(CC(=O)C(=O)Nc2ccc(Nc3ccnc4cc(OCC5(I)CC5)[c-]cc34)c(I)c2)no1.[CH3-].[U+2]. The van der Waals surface area contributed by atoms with E-state index in [2.05, 4.69) is 72.0 Å². The van der Waals surface area contributed by atoms with Gasteiger partial charge in [-0.3, -0.25) is 14.6 Å². The molecule has 0 bridgehead atoms. The van der Waals surface area contributed by atoms with Crippen LogP contribution in [-0.2, 0) is 16.0 Å². The van der Waals surface area contributed by atoms with Crippen LogP contribution in [0.5, 0.6) is 5.75 Å². The number of nitrogens with zero attached hydrogens (tertiary/aromatic N) is 2. The van der Waals surface area contributed by atoms with Crippen molar-refractivity contribution in [1.82, 2.24) is 10.1 Å². The second kappa shape index (κ2) is 13.1. The third-order valence-electron chi connectivity index (χ3n) is 5.69. The van der Waals surface area contributed by atoms with Crippen molar-refractivity contribution in [2.24, 2.45) is 0 Å². The first kappa shape index (κ1) is 30.8. The number of hydrogen-bond donors (Lipinski definition) is 2. The number of Topliss-reactive ketones (excluding diaryl/α,β-unsaturated/α-hetero) is 1. The van der Waals surface area contributed by atoms with Crippen molar-refractivity contribution in [1.29, 1.82) is 0 Å². The summed E-state index contributed by atoms with van der Waals surface area (Å²) in [7, 11) is 0. The van der Waals surface area contributed by atoms with Gasteiger partial charge in [-0.25, -0.2) is 0 Å². The van der Waals surface area contributed by atoms with Gasteiger partial charge in [0.2, 0.25) is 5.78 Å². The summed E-state index contributed by atoms with van der Waals surface area (Å²) in [6.45, 7) is 2.41. The molecule has 0 aliphatic heterocycles. The fourth-order valence-corrected chi connectivity index (χ4v) is 4.61. The number of nitrogens with one attached hydrogen (secondary N) is 2. The zero-order chi connectivity index (χ0) is 25.3. The Labute approximate surface area is 272 Å². The molecule has 1 fully saturated rings. The first-order chi connectivity index (χ1) is 17.3. The van der Waals surface area contributed by atoms with Gasteiger partial charge in [0.05, 0.1) is 27.8 Å². The van der Waals surface area contributed by atoms with Gasteiger partial charge in [-0.15, -0.1) is 12.1 Å². The second-order valence-electron chi connectivity index (χ2n) is 8.70. The van der Waals surface area contributed by atoms with Crippen LogP contribution < -0.4 is 15.4 Å². The van der Waals surface area contributed by atoms with Crippen molar-refractivity contribution >= 4 is 84.8 Å². The van der Waals surface area contributed by atoms with Gasteiger partial charge in [0, 0.05) is 27.3 Å². The van der Waals surface area contributed by atoms with E-state index in [1.807, 2.05) is 24.3 Å². The van der Waals surface area contributed by atoms with Crippen molar-refractivity contribution in [2.45, 2.75) is 29.6 Å². The quantitative estimate of drug-likeness (QED) is 0.0889. The third-order valence-corrected chi connectivity index (χ3v) is 7.98. The summed E-state index contributed by atoms with van der Waals surface area (Å²) >= 11 is 4.65. The fraction of sp³-hybridized carbons (Fsp3) is 0.222. The Balaban J connectivity index is 0.00000200. The maximum absolute atomic E-state index is 12.3. The summed E-state index contributed by atoms with van der Waals surface area (Å²) in [5, 5.41) is 10.8. The molecule has 0 radical (unpaired) electrons. The maximum Gasteiger partial charge on any atom is 2.00 e. The number of ketones is 1. The predicted molar refractivity (Wildman–Crippen MR) is 159 cm³/mol. The number of hydrogen-bond acceptors (Lipinski definition) is 7. The molecule has 2 heterocycles. The minimum absolute atomic E-state index is 0. The van der Waals surface area contributed by atoms with Crippen LogP contribution in [0, 0.1) is 55.1 Å². The summed E-state index contributed by atoms with van der Waals surface area (Å²) < 4.78 is 12.0. The van der Waals surface area contributed by atoms with E-state index in [4.69, 9.17) is 9.26 Å². The Morgan fingerprint density at radius 1 is 1.18 bits per heavy atom. The van der Waals surface area contributed by atoms with Crippen LogP contribution >= 0.6 is 45.2 Å². The smallest absolute Gasteiger partial charge is 0.518 e. The molecule has 8 nitrogen and oxygen atoms in total. The molecule has 1 aliphatic rings. The van der Waals surface area contributed by atoms with E-state index in [9.17, 15) is 9.59 Å². The van der Waals surface area contributed by atoms with Gasteiger partial charge >= 0.3 is 31.1 Å². The Bertz CT molecular complexity index is 1470. The number of pyridine rings is 1. The summed E-state index contributed by atoms with van der Waals surface area (Å²) in [5.41, 5.74) is 3.50. The van der Waals surface area contributed by atoms with Crippen LogP contribution in [0.3, 0.4) is 0 Å². The average molecular weight is 960 g/mol. The molecule has 0 unspecified atom stereocenters. The van der Waals surface area contributed by atoms with Crippen LogP contribution in [0.25, 0.3) is 10.9 Å². The molecule has 38 heavy (non-hydrogen) atoms. The van der Waals surface area contributed by atoms with Gasteiger partial charge in [-0.2, -0.15) is 6.07 Å². The zero-order valence-corrected chi connectivity index (χ0v) is 29.2. The molecular formula is C27H24I2N4O4U. The number of aromatic nitrogens is 2. The van der Waals surface area contributed by atoms with Crippen LogP contribution in [0.1, 0.15) is 24.3 Å². The summed E-state index contributed by atoms with van der Waals surface area (Å²) in [6.07, 6.45) is 4.01. The van der Waals surface area contributed by atoms with Crippen LogP contribution in [0.15, 0.2) is 53.2 Å². The summed E-state index contributed by atoms with van der Waals surface area (Å²) in [4.78, 5) is 29.1. The molecule has 194 valence electrons. The van der Waals surface area contributed by atoms with E-state index in [1.165, 1.54) is 12.8 Å². The largest absolute Gasteiger partial charge is 2.00 e. The summed E-state index contributed by atoms with van der Waals surface area (Å²) in [5.74, 6) is -0.00430. The van der Waals surface area contributed by atoms with Crippen molar-refractivity contribution in [2.75, 3.05) is 17.2 Å². The van der Waals surface area contributed by atoms with Gasteiger partial charge in [-0.1, -0.05) is 33.1 Å². The Hall–Kier alpha value is -1.69. The van der Waals surface area contributed by atoms with E-state index in [1.54, 1.807) is 31.3 Å². The number of ether oxygens (including phenoxy) is 1. The van der Waals surface area contributed by atoms with E-state index in [-0.39, 0.29) is 48.4 Å². The molecule has 2 N–H and O–H groups in total. The first-order valence-electron chi connectivity index (χ1n) is 11.2. The predicted octanol–water partition coefficient (Wildman–Crippen LogP) is 6.23. The van der Waals surface area contributed by atoms with Crippen LogP contribution in [0.2, 0.25) is 0 Å². The van der Waals surface area contributed by atoms with Crippen molar-refractivity contribution in [3.8, 4) is 5.75 Å². The fourth-order valence-electron chi connectivity index (χ4n) is 3.53. The zero-order valence-electron chi connectivity index (χ0n) is 20.7. The molecule has 11 heteroatoms. The van der Waals surface area contributed by atoms with Crippen molar-refractivity contribution < 1.29 is 50.0 Å². The number of carbonyl (C=O) groups excluding carboxylic acids is 2. The molecule has 1 amide bonds. The standard InChI is InChI=1S/C26H21I2N4O4.CH3.U/c1-15-10-17(32-36-15)12-24(33)25(34)30-16-2-5-22(20(27)11-16)31-21-6-9-29-23-13-18(3-4-19(21)23)35-14-26(28)7-8-26;;/h2,4-6,9-11,13H,7-8,12,14H2,1H3,(H,29,31)(H,30,34);1H3;/q2*-1;+2. The molecule has 0 spiro atoms. The molecular weight excluding hydrogens is 936 g/mol. The normalized spacial score (nSPS) is 13.1. The third kappa shape index (κ3) is 7.70. The van der Waals surface area contributed by atoms with Gasteiger partial charge in [0.25, 0.3) is 5.91 Å². The Morgan fingerprint density at radius 3 is 2.66 bits per heavy atom. The van der Waals surface area contributed by atoms with E-state index >= 15 is 0 Å². The minimum atomic E-state index is -0.698. The van der Waals surface area contributed by atoms with Gasteiger partial charge in [-0.05, 0) is 77.8 Å². The van der Waals surface area contributed by atoms with Gasteiger partial charge in [0.1, 0.15) is 5.76 Å². The molecule has 4 aromatic rings. The number of fused-ring (bicyclic) bond motifs is 1. The van der Waals surface area contributed by atoms with Crippen molar-refractivity contribution in [3.63, 3.8) is 0 Å². The Morgan fingerprint density at radius 2 is 1.97 bits per heavy atom. The second-order valence-corrected chi connectivity index (χ2v) is 12.1. The number of alkyl halides is 1. The number of anilines is 3. The summed E-state index contributed by atoms with van der Waals surface area (Å²) in [6, 6.07) is 15.9. The minimum Gasteiger partial charge on any atom is -0.518 e. The monoisotopic (exact) mass is 960 g/mol. The molecule has 2 aromatic carbocycles. The van der Waals surface area contributed by atoms with Crippen LogP contribution in [0.4, 0.5) is 17.1 Å². The number of aryl methyl sites for hydroxylation is 1. The first-order valence-corrected chi connectivity index (χ1v) is 13.4. The number of amides is 1. The van der Waals surface area contributed by atoms with Crippen molar-refractivity contribution in [3.05, 3.63) is 77.2 Å². The molecule has 0 saturated heterocycles.